The van der Waals surface area contributed by atoms with Crippen LogP contribution in [0.2, 0.25) is 0 Å². The number of carbonyl (C=O) groups is 1. The first-order valence-electron chi connectivity index (χ1n) is 11.4. The number of nitrogens with one attached hydrogen (secondary N) is 1. The van der Waals surface area contributed by atoms with Gasteiger partial charge in [0, 0.05) is 25.1 Å². The molecule has 4 N–H and O–H groups in total. The Morgan fingerprint density at radius 1 is 1.23 bits per heavy atom. The monoisotopic (exact) mass is 424 g/mol. The van der Waals surface area contributed by atoms with Gasteiger partial charge in [-0.15, -0.1) is 0 Å². The number of nitrogens with two attached hydrogens (primary N) is 1. The van der Waals surface area contributed by atoms with E-state index in [1.807, 2.05) is 13.8 Å². The summed E-state index contributed by atoms with van der Waals surface area (Å²) in [4.78, 5) is 12.6. The number of hydrogen-bond donors (Lipinski definition) is 3. The van der Waals surface area contributed by atoms with Gasteiger partial charge in [-0.05, 0) is 72.6 Å². The predicted octanol–water partition coefficient (Wildman–Crippen LogP) is 3.04. The van der Waals surface area contributed by atoms with Crippen LogP contribution < -0.4 is 11.1 Å². The molecule has 3 fully saturated rings. The Morgan fingerprint density at radius 3 is 2.50 bits per heavy atom. The molecule has 2 aliphatic carbocycles. The van der Waals surface area contributed by atoms with E-state index in [1.54, 1.807) is 7.11 Å². The summed E-state index contributed by atoms with van der Waals surface area (Å²) in [6.45, 7) is 8.01. The van der Waals surface area contributed by atoms with E-state index in [0.29, 0.717) is 12.8 Å². The van der Waals surface area contributed by atoms with E-state index >= 15 is 0 Å². The van der Waals surface area contributed by atoms with Crippen LogP contribution in [-0.2, 0) is 14.2 Å². The minimum Gasteiger partial charge on any atom is -0.443 e. The molecule has 1 amide bonds. The fourth-order valence-corrected chi connectivity index (χ4v) is 5.45. The molecule has 2 saturated carbocycles. The van der Waals surface area contributed by atoms with Crippen LogP contribution in [-0.4, -0.2) is 59.9 Å². The molecule has 0 aromatic carbocycles. The van der Waals surface area contributed by atoms with Gasteiger partial charge in [-0.2, -0.15) is 0 Å². The van der Waals surface area contributed by atoms with Crippen LogP contribution in [0.15, 0.2) is 11.6 Å². The highest BCUT2D eigenvalue weighted by Gasteiger charge is 2.66. The maximum Gasteiger partial charge on any atom is 0.407 e. The molecule has 0 radical (unpaired) electrons. The number of amides is 1. The SMILES string of the molecule is CO[C@H]1[C@H]([C@@]2(C)O[C@H]2CC=C(C)C)[C@](C)(O)CC[C@H]1OC(=O)NC1CCC(N)CC1. The van der Waals surface area contributed by atoms with Gasteiger partial charge in [0.25, 0.3) is 0 Å². The van der Waals surface area contributed by atoms with E-state index in [1.165, 1.54) is 5.57 Å². The molecule has 30 heavy (non-hydrogen) atoms. The molecule has 0 bridgehead atoms. The summed E-state index contributed by atoms with van der Waals surface area (Å²) in [5.41, 5.74) is 5.73. The number of carbonyl (C=O) groups excluding carboxylic acids is 1. The van der Waals surface area contributed by atoms with E-state index in [2.05, 4.69) is 25.2 Å². The molecule has 0 aromatic heterocycles. The minimum absolute atomic E-state index is 0.0283. The molecule has 6 atom stereocenters. The van der Waals surface area contributed by atoms with E-state index in [4.69, 9.17) is 19.9 Å². The second kappa shape index (κ2) is 9.15. The maximum atomic E-state index is 12.6. The average Bonchev–Trinajstić information content (AvgIpc) is 3.33. The topological polar surface area (TPSA) is 106 Å². The Morgan fingerprint density at radius 2 is 1.90 bits per heavy atom. The lowest BCUT2D eigenvalue weighted by molar-refractivity contribution is -0.172. The van der Waals surface area contributed by atoms with Gasteiger partial charge >= 0.3 is 6.09 Å². The Kier molecular flexibility index (Phi) is 7.17. The number of hydrogen-bond acceptors (Lipinski definition) is 6. The summed E-state index contributed by atoms with van der Waals surface area (Å²) in [7, 11) is 1.62. The highest BCUT2D eigenvalue weighted by Crippen LogP contribution is 2.54. The molecular formula is C23H40N2O5. The van der Waals surface area contributed by atoms with Crippen molar-refractivity contribution in [1.82, 2.24) is 5.32 Å². The van der Waals surface area contributed by atoms with Crippen LogP contribution in [0.25, 0.3) is 0 Å². The van der Waals surface area contributed by atoms with Gasteiger partial charge in [-0.3, -0.25) is 0 Å². The van der Waals surface area contributed by atoms with E-state index in [-0.39, 0.29) is 24.1 Å². The second-order valence-corrected chi connectivity index (χ2v) is 10.1. The smallest absolute Gasteiger partial charge is 0.407 e. The average molecular weight is 425 g/mol. The molecular weight excluding hydrogens is 384 g/mol. The summed E-state index contributed by atoms with van der Waals surface area (Å²) in [5, 5.41) is 14.2. The van der Waals surface area contributed by atoms with Crippen molar-refractivity contribution in [1.29, 1.82) is 0 Å². The van der Waals surface area contributed by atoms with Crippen LogP contribution in [0.3, 0.4) is 0 Å². The van der Waals surface area contributed by atoms with Gasteiger partial charge in [0.1, 0.15) is 17.8 Å². The van der Waals surface area contributed by atoms with Crippen molar-refractivity contribution in [3.8, 4) is 0 Å². The van der Waals surface area contributed by atoms with Crippen LogP contribution >= 0.6 is 0 Å². The van der Waals surface area contributed by atoms with Crippen molar-refractivity contribution in [2.45, 2.75) is 114 Å². The van der Waals surface area contributed by atoms with Crippen LogP contribution in [0, 0.1) is 5.92 Å². The quantitative estimate of drug-likeness (QED) is 0.447. The van der Waals surface area contributed by atoms with Gasteiger partial charge in [-0.25, -0.2) is 4.79 Å². The largest absolute Gasteiger partial charge is 0.443 e. The summed E-state index contributed by atoms with van der Waals surface area (Å²) < 4.78 is 17.7. The minimum atomic E-state index is -0.953. The summed E-state index contributed by atoms with van der Waals surface area (Å²) in [6, 6.07) is 0.343. The zero-order valence-electron chi connectivity index (χ0n) is 19.1. The van der Waals surface area contributed by atoms with Gasteiger partial charge in [0.05, 0.1) is 11.7 Å². The number of methoxy groups -OCH3 is 1. The second-order valence-electron chi connectivity index (χ2n) is 10.1. The molecule has 3 aliphatic rings. The van der Waals surface area contributed by atoms with Crippen molar-refractivity contribution in [2.75, 3.05) is 7.11 Å². The molecule has 7 heteroatoms. The highest BCUT2D eigenvalue weighted by molar-refractivity contribution is 5.68. The number of aliphatic hydroxyl groups is 1. The lowest BCUT2D eigenvalue weighted by atomic mass is 9.66. The molecule has 0 spiro atoms. The first-order valence-corrected chi connectivity index (χ1v) is 11.4. The molecule has 0 aromatic rings. The molecule has 1 aliphatic heterocycles. The molecule has 1 heterocycles. The Balaban J connectivity index is 1.65. The van der Waals surface area contributed by atoms with Crippen LogP contribution in [0.1, 0.15) is 72.6 Å². The number of allylic oxidation sites excluding steroid dienone is 1. The Hall–Kier alpha value is -1.15. The van der Waals surface area contributed by atoms with E-state index in [0.717, 1.165) is 32.1 Å². The lowest BCUT2D eigenvalue weighted by Gasteiger charge is -2.47. The third kappa shape index (κ3) is 5.18. The zero-order valence-corrected chi connectivity index (χ0v) is 19.1. The van der Waals surface area contributed by atoms with Crippen molar-refractivity contribution < 1.29 is 24.1 Å². The number of epoxide rings is 1. The maximum absolute atomic E-state index is 12.6. The Labute approximate surface area is 180 Å². The normalized spacial score (nSPS) is 43.6. The number of ether oxygens (including phenoxy) is 3. The Bertz CT molecular complexity index is 640. The molecule has 7 nitrogen and oxygen atoms in total. The standard InChI is InChI=1S/C23H40N2O5/c1-14(2)6-11-18-23(4,30-18)20-19(28-5)17(12-13-22(20,3)27)29-21(26)25-16-9-7-15(24)8-10-16/h6,15-20,27H,7-13,24H2,1-5H3,(H,25,26)/t15?,16?,17-,18+,19-,20+,22-,23+/m1/s1. The van der Waals surface area contributed by atoms with Gasteiger partial charge in [-0.1, -0.05) is 11.6 Å². The molecule has 3 rings (SSSR count). The summed E-state index contributed by atoms with van der Waals surface area (Å²) in [5.74, 6) is -0.287. The fraction of sp³-hybridized carbons (Fsp3) is 0.870. The first kappa shape index (κ1) is 23.5. The van der Waals surface area contributed by atoms with Crippen LogP contribution in [0.5, 0.6) is 0 Å². The molecule has 1 saturated heterocycles. The third-order valence-corrected chi connectivity index (χ3v) is 7.26. The van der Waals surface area contributed by atoms with Crippen molar-refractivity contribution in [2.24, 2.45) is 11.7 Å². The molecule has 0 unspecified atom stereocenters. The highest BCUT2D eigenvalue weighted by atomic mass is 16.6. The zero-order chi connectivity index (χ0) is 22.1. The fourth-order valence-electron chi connectivity index (χ4n) is 5.45. The number of alkyl carbamates (subject to hydrolysis) is 1. The van der Waals surface area contributed by atoms with Crippen LogP contribution in [0.4, 0.5) is 4.79 Å². The van der Waals surface area contributed by atoms with Crippen molar-refractivity contribution in [3.63, 3.8) is 0 Å². The first-order chi connectivity index (χ1) is 14.1. The molecule has 172 valence electrons. The third-order valence-electron chi connectivity index (χ3n) is 7.26. The summed E-state index contributed by atoms with van der Waals surface area (Å²) in [6.07, 6.45) is 6.41. The van der Waals surface area contributed by atoms with Gasteiger partial charge in [0.2, 0.25) is 0 Å². The van der Waals surface area contributed by atoms with E-state index < -0.39 is 29.5 Å². The van der Waals surface area contributed by atoms with E-state index in [9.17, 15) is 9.90 Å². The summed E-state index contributed by atoms with van der Waals surface area (Å²) >= 11 is 0. The van der Waals surface area contributed by atoms with Gasteiger partial charge < -0.3 is 30.4 Å². The lowest BCUT2D eigenvalue weighted by Crippen LogP contribution is -2.59. The van der Waals surface area contributed by atoms with Crippen molar-refractivity contribution >= 4 is 6.09 Å². The predicted molar refractivity (Wildman–Crippen MR) is 115 cm³/mol. The number of rotatable bonds is 6. The van der Waals surface area contributed by atoms with Gasteiger partial charge in [0.15, 0.2) is 0 Å². The van der Waals surface area contributed by atoms with Crippen molar-refractivity contribution in [3.05, 3.63) is 11.6 Å².